The van der Waals surface area contributed by atoms with Crippen LogP contribution in [0.3, 0.4) is 0 Å². The first-order valence-corrected chi connectivity index (χ1v) is 36.7. The number of aliphatic hydroxyl groups is 1. The maximum atomic E-state index is 11.0. The highest BCUT2D eigenvalue weighted by Crippen LogP contribution is 2.38. The average Bonchev–Trinajstić information content (AvgIpc) is 1.61. The van der Waals surface area contributed by atoms with Crippen molar-refractivity contribution in [2.45, 2.75) is 180 Å². The lowest BCUT2D eigenvalue weighted by Gasteiger charge is -2.38. The van der Waals surface area contributed by atoms with Crippen LogP contribution in [0.5, 0.6) is 0 Å². The van der Waals surface area contributed by atoms with Crippen molar-refractivity contribution in [3.05, 3.63) is 287 Å². The van der Waals surface area contributed by atoms with E-state index in [9.17, 15) is 5.11 Å². The highest BCUT2D eigenvalue weighted by molar-refractivity contribution is 5.20. The zero-order valence-electron chi connectivity index (χ0n) is 61.1. The average molecular weight is 1420 g/mol. The highest BCUT2D eigenvalue weighted by Gasteiger charge is 2.51. The second-order valence-corrected chi connectivity index (χ2v) is 27.7. The quantitative estimate of drug-likeness (QED) is 0.0451. The summed E-state index contributed by atoms with van der Waals surface area (Å²) in [5, 5.41) is 11.0. The fourth-order valence-electron chi connectivity index (χ4n) is 13.7. The molecule has 556 valence electrons. The van der Waals surface area contributed by atoms with Crippen LogP contribution in [0.4, 0.5) is 0 Å². The number of benzene rings is 8. The van der Waals surface area contributed by atoms with Gasteiger partial charge in [0.25, 0.3) is 0 Å². The van der Waals surface area contributed by atoms with Gasteiger partial charge in [-0.1, -0.05) is 277 Å². The van der Waals surface area contributed by atoms with E-state index in [1.807, 2.05) is 225 Å². The Morgan fingerprint density at radius 1 is 0.260 bits per heavy atom. The van der Waals surface area contributed by atoms with Gasteiger partial charge in [0.2, 0.25) is 0 Å². The van der Waals surface area contributed by atoms with E-state index >= 15 is 0 Å². The maximum Gasteiger partial charge on any atom is 0.186 e. The van der Waals surface area contributed by atoms with Crippen molar-refractivity contribution in [2.24, 2.45) is 29.6 Å². The minimum atomic E-state index is -0.840. The molecule has 17 nitrogen and oxygen atoms in total. The van der Waals surface area contributed by atoms with E-state index < -0.39 is 86.2 Å². The number of ether oxygens (including phenoxy) is 16. The first-order valence-electron chi connectivity index (χ1n) is 36.7. The summed E-state index contributed by atoms with van der Waals surface area (Å²) in [4.78, 5) is 0. The Morgan fingerprint density at radius 2 is 0.490 bits per heavy atom. The van der Waals surface area contributed by atoms with Crippen LogP contribution in [-0.2, 0) is 129 Å². The fourth-order valence-corrected chi connectivity index (χ4v) is 13.7. The molecule has 8 aromatic carbocycles. The number of hydrogen-bond donors (Lipinski definition) is 1. The number of hydrogen-bond acceptors (Lipinski definition) is 17. The summed E-state index contributed by atoms with van der Waals surface area (Å²) in [5.74, 6) is 0.624. The number of aliphatic hydroxyl groups excluding tert-OH is 1. The van der Waals surface area contributed by atoms with Crippen LogP contribution >= 0.6 is 0 Å². The van der Waals surface area contributed by atoms with E-state index in [-0.39, 0.29) is 43.7 Å². The topological polar surface area (TPSA) is 168 Å². The molecule has 17 heteroatoms. The molecule has 4 fully saturated rings. The van der Waals surface area contributed by atoms with Gasteiger partial charge in [-0.15, -0.1) is 0 Å². The maximum absolute atomic E-state index is 11.0. The van der Waals surface area contributed by atoms with Crippen molar-refractivity contribution in [2.75, 3.05) is 40.6 Å². The molecule has 0 saturated carbocycles. The van der Waals surface area contributed by atoms with E-state index in [0.717, 1.165) is 44.5 Å². The predicted octanol–water partition coefficient (Wildman–Crippen LogP) is 14.7. The first kappa shape index (κ1) is 78.2. The molecular weight excluding hydrogens is 1320 g/mol. The van der Waals surface area contributed by atoms with Crippen molar-refractivity contribution >= 4 is 0 Å². The van der Waals surface area contributed by atoms with Crippen molar-refractivity contribution in [1.29, 1.82) is 0 Å². The van der Waals surface area contributed by atoms with Gasteiger partial charge in [0.15, 0.2) is 25.2 Å². The van der Waals surface area contributed by atoms with Gasteiger partial charge < -0.3 is 80.9 Å². The summed E-state index contributed by atoms with van der Waals surface area (Å²) in [6.07, 6.45) is -9.90. The van der Waals surface area contributed by atoms with E-state index in [1.54, 1.807) is 14.2 Å². The summed E-state index contributed by atoms with van der Waals surface area (Å²) < 4.78 is 106. The molecule has 4 saturated heterocycles. The molecule has 1 N–H and O–H groups in total. The van der Waals surface area contributed by atoms with Gasteiger partial charge in [-0.2, -0.15) is 0 Å². The molecule has 0 spiro atoms. The van der Waals surface area contributed by atoms with Crippen LogP contribution in [0.15, 0.2) is 243 Å². The molecule has 0 unspecified atom stereocenters. The summed E-state index contributed by atoms with van der Waals surface area (Å²) in [6.45, 7) is 14.5. The summed E-state index contributed by atoms with van der Waals surface area (Å²) in [6, 6.07) is 80.5. The van der Waals surface area contributed by atoms with Crippen LogP contribution in [0.1, 0.15) is 79.1 Å². The second kappa shape index (κ2) is 41.3. The summed E-state index contributed by atoms with van der Waals surface area (Å²) >= 11 is 0. The molecule has 0 amide bonds. The molecule has 0 aromatic heterocycles. The molecule has 20 atom stereocenters. The smallest absolute Gasteiger partial charge is 0.186 e. The Hall–Kier alpha value is -6.92. The fraction of sp³-hybridized carbons (Fsp3) is 0.448. The third-order valence-corrected chi connectivity index (χ3v) is 20.5. The minimum Gasteiger partial charge on any atom is -0.390 e. The number of methoxy groups -OCH3 is 2. The Labute approximate surface area is 615 Å². The lowest BCUT2D eigenvalue weighted by Crippen LogP contribution is -2.53. The molecule has 8 aromatic rings. The Kier molecular flexibility index (Phi) is 31.0. The van der Waals surface area contributed by atoms with Gasteiger partial charge in [-0.3, -0.25) is 0 Å². The van der Waals surface area contributed by atoms with Crippen LogP contribution in [0.25, 0.3) is 0 Å². The monoisotopic (exact) mass is 1420 g/mol. The van der Waals surface area contributed by atoms with E-state index in [4.69, 9.17) is 75.8 Å². The SMILES string of the molecule is CO[C@H]1OC[C@@H](O[C@H]2OC[C@@H](C)[C@@H](C)[C@H](C)[C@@H]2OCc2ccccc2)[C@@H](OCc2ccccc2)[C@H](OCc2ccccc2)[C@@H]1OCc1ccccc1.CO[C@H]1OC[C@@H](O[C@H]2OC[C@@H](O)[C@@H](C)[C@H](C)[C@@H]2OCc2ccccc2)[C@@H](OCc2ccccc2)[C@H](OCc2ccccc2)[C@@H]1OCc1ccccc1. The molecule has 0 aliphatic carbocycles. The molecule has 4 heterocycles. The highest BCUT2D eigenvalue weighted by atomic mass is 16.8. The van der Waals surface area contributed by atoms with Gasteiger partial charge >= 0.3 is 0 Å². The van der Waals surface area contributed by atoms with Gasteiger partial charge in [-0.05, 0) is 74.1 Å². The molecule has 12 rings (SSSR count). The molecule has 4 aliphatic rings. The predicted molar refractivity (Wildman–Crippen MR) is 395 cm³/mol. The van der Waals surface area contributed by atoms with Gasteiger partial charge in [0.05, 0.1) is 85.4 Å². The van der Waals surface area contributed by atoms with Crippen LogP contribution in [0.2, 0.25) is 0 Å². The zero-order chi connectivity index (χ0) is 72.2. The van der Waals surface area contributed by atoms with Crippen molar-refractivity contribution in [1.82, 2.24) is 0 Å². The van der Waals surface area contributed by atoms with E-state index in [1.165, 1.54) is 0 Å². The molecule has 4 aliphatic heterocycles. The molecular formula is C87H106O17. The van der Waals surface area contributed by atoms with Crippen LogP contribution in [-0.4, -0.2) is 138 Å². The largest absolute Gasteiger partial charge is 0.390 e. The van der Waals surface area contributed by atoms with Gasteiger partial charge in [0, 0.05) is 14.2 Å². The summed E-state index contributed by atoms with van der Waals surface area (Å²) in [5.41, 5.74) is 8.22. The third kappa shape index (κ3) is 22.6. The molecule has 0 radical (unpaired) electrons. The van der Waals surface area contributed by atoms with E-state index in [0.29, 0.717) is 71.3 Å². The normalized spacial score (nSPS) is 29.6. The second-order valence-electron chi connectivity index (χ2n) is 27.7. The standard InChI is InChI=1S/C44H54O8.C43H52O9/c1-31-25-50-44(39(33(3)32(31)2)46-26-34-17-9-5-10-18-34)52-38-30-51-43(45-4)42(49-29-37-23-15-8-16-24-37)41(48-28-36-21-13-7-14-22-36)40(38)47-27-35-19-11-6-12-20-35;1-30-31(2)38(46-24-32-16-8-4-9-17-32)43(50-28-36(30)44)52-37-29-51-42(45-3)41(49-27-35-22-14-7-15-23-35)40(48-26-34-20-12-6-13-21-34)39(37)47-25-33-18-10-5-11-19-33/h5-24,31-33,38-44H,25-30H2,1-4H3;4-23,30-31,36-44H,24-29H2,1-3H3/t31-,32-,33+,38-,39+,40-,41+,42+,43+,44-;30-,31-,36+,37+,38-,39+,40-,41-,42-,43+/m10/s1. The van der Waals surface area contributed by atoms with Gasteiger partial charge in [-0.25, -0.2) is 0 Å². The van der Waals surface area contributed by atoms with Crippen LogP contribution < -0.4 is 0 Å². The van der Waals surface area contributed by atoms with Crippen molar-refractivity contribution < 1.29 is 80.9 Å². The number of rotatable bonds is 30. The minimum absolute atomic E-state index is 0.0968. The Morgan fingerprint density at radius 3 is 0.769 bits per heavy atom. The Balaban J connectivity index is 0.000000208. The molecule has 0 bridgehead atoms. The third-order valence-electron chi connectivity index (χ3n) is 20.5. The molecule has 104 heavy (non-hydrogen) atoms. The van der Waals surface area contributed by atoms with Crippen LogP contribution in [0, 0.1) is 29.6 Å². The van der Waals surface area contributed by atoms with Crippen molar-refractivity contribution in [3.8, 4) is 0 Å². The summed E-state index contributed by atoms with van der Waals surface area (Å²) in [7, 11) is 3.23. The lowest BCUT2D eigenvalue weighted by molar-refractivity contribution is -0.265. The zero-order valence-corrected chi connectivity index (χ0v) is 61.1. The van der Waals surface area contributed by atoms with Crippen molar-refractivity contribution in [3.63, 3.8) is 0 Å². The lowest BCUT2D eigenvalue weighted by atomic mass is 9.83. The Bertz CT molecular complexity index is 3360. The first-order chi connectivity index (χ1) is 51.0. The van der Waals surface area contributed by atoms with Gasteiger partial charge in [0.1, 0.15) is 61.0 Å². The van der Waals surface area contributed by atoms with E-state index in [2.05, 4.69) is 52.0 Å².